The molecule has 2 aliphatic heterocycles. The van der Waals surface area contributed by atoms with Crippen molar-refractivity contribution < 1.29 is 17.9 Å². The van der Waals surface area contributed by atoms with E-state index in [2.05, 4.69) is 4.72 Å². The number of hydrogen-bond acceptors (Lipinski definition) is 4. The number of amides is 1. The second-order valence-electron chi connectivity index (χ2n) is 6.30. The van der Waals surface area contributed by atoms with Gasteiger partial charge < -0.3 is 9.64 Å². The minimum absolute atomic E-state index is 0.125. The van der Waals surface area contributed by atoms with Gasteiger partial charge in [-0.2, -0.15) is 0 Å². The number of anilines is 1. The second-order valence-corrected chi connectivity index (χ2v) is 8.62. The van der Waals surface area contributed by atoms with E-state index in [4.69, 9.17) is 16.3 Å². The van der Waals surface area contributed by atoms with Gasteiger partial charge in [0.25, 0.3) is 5.91 Å². The summed E-state index contributed by atoms with van der Waals surface area (Å²) in [7, 11) is -2.13. The highest BCUT2D eigenvalue weighted by atomic mass is 35.5. The average Bonchev–Trinajstić information content (AvgIpc) is 3.24. The number of carbonyl (C=O) groups excluding carboxylic acids is 1. The number of fused-ring (bicyclic) bond motifs is 2. The number of nitrogens with one attached hydrogen (secondary N) is 1. The Morgan fingerprint density at radius 1 is 1.23 bits per heavy atom. The van der Waals surface area contributed by atoms with Crippen LogP contribution in [0.1, 0.15) is 11.1 Å². The topological polar surface area (TPSA) is 75.7 Å². The van der Waals surface area contributed by atoms with Gasteiger partial charge >= 0.3 is 0 Å². The first kappa shape index (κ1) is 17.3. The number of carbonyl (C=O) groups is 1. The fourth-order valence-corrected chi connectivity index (χ4v) is 4.40. The molecule has 4 rings (SSSR count). The zero-order chi connectivity index (χ0) is 18.5. The molecule has 2 aromatic carbocycles. The quantitative estimate of drug-likeness (QED) is 0.868. The summed E-state index contributed by atoms with van der Waals surface area (Å²) in [5.74, 6) is 0.558. The van der Waals surface area contributed by atoms with Gasteiger partial charge in [0.05, 0.1) is 4.90 Å². The molecule has 0 aliphatic carbocycles. The second kappa shape index (κ2) is 6.26. The highest BCUT2D eigenvalue weighted by molar-refractivity contribution is 7.89. The Balaban J connectivity index is 1.57. The van der Waals surface area contributed by atoms with Crippen molar-refractivity contribution in [1.29, 1.82) is 0 Å². The molecule has 26 heavy (non-hydrogen) atoms. The number of rotatable bonds is 3. The van der Waals surface area contributed by atoms with Crippen LogP contribution in [0.4, 0.5) is 5.69 Å². The van der Waals surface area contributed by atoms with E-state index in [1.807, 2.05) is 6.07 Å². The summed E-state index contributed by atoms with van der Waals surface area (Å²) in [5.41, 5.74) is 2.50. The third-order valence-electron chi connectivity index (χ3n) is 4.76. The SMILES string of the molecule is CNS(=O)(=O)c1ccc2c(c1)CCN2C(=O)C1Cc2cc(Cl)ccc2O1. The number of nitrogens with zero attached hydrogens (tertiary/aromatic N) is 1. The molecule has 2 aromatic rings. The van der Waals surface area contributed by atoms with Crippen molar-refractivity contribution in [2.75, 3.05) is 18.5 Å². The number of benzene rings is 2. The van der Waals surface area contributed by atoms with Crippen molar-refractivity contribution in [2.45, 2.75) is 23.8 Å². The van der Waals surface area contributed by atoms with Crippen LogP contribution in [0.15, 0.2) is 41.3 Å². The van der Waals surface area contributed by atoms with Gasteiger partial charge in [0.1, 0.15) is 5.75 Å². The standard InChI is InChI=1S/C18H17ClN2O4S/c1-20-26(23,24)14-3-4-15-11(9-14)6-7-21(15)18(22)17-10-12-8-13(19)2-5-16(12)25-17/h2-5,8-9,17,20H,6-7,10H2,1H3. The maximum atomic E-state index is 12.9. The van der Waals surface area contributed by atoms with Crippen LogP contribution in [0.3, 0.4) is 0 Å². The fourth-order valence-electron chi connectivity index (χ4n) is 3.42. The molecule has 1 atom stereocenters. The van der Waals surface area contributed by atoms with E-state index >= 15 is 0 Å². The highest BCUT2D eigenvalue weighted by Crippen LogP contribution is 2.35. The summed E-state index contributed by atoms with van der Waals surface area (Å²) >= 11 is 6.00. The molecular weight excluding hydrogens is 376 g/mol. The van der Waals surface area contributed by atoms with E-state index in [0.29, 0.717) is 30.2 Å². The summed E-state index contributed by atoms with van der Waals surface area (Å²) in [4.78, 5) is 14.8. The lowest BCUT2D eigenvalue weighted by atomic mass is 10.1. The van der Waals surface area contributed by atoms with E-state index in [1.165, 1.54) is 13.1 Å². The van der Waals surface area contributed by atoms with Crippen molar-refractivity contribution in [1.82, 2.24) is 4.72 Å². The minimum Gasteiger partial charge on any atom is -0.480 e. The molecule has 0 radical (unpaired) electrons. The van der Waals surface area contributed by atoms with Crippen molar-refractivity contribution >= 4 is 33.2 Å². The Bertz CT molecular complexity index is 1010. The summed E-state index contributed by atoms with van der Waals surface area (Å²) < 4.78 is 32.0. The van der Waals surface area contributed by atoms with Gasteiger partial charge in [0.2, 0.25) is 10.0 Å². The molecule has 0 saturated carbocycles. The fraction of sp³-hybridized carbons (Fsp3) is 0.278. The van der Waals surface area contributed by atoms with Gasteiger partial charge in [-0.3, -0.25) is 4.79 Å². The molecule has 0 saturated heterocycles. The molecule has 0 spiro atoms. The largest absolute Gasteiger partial charge is 0.480 e. The van der Waals surface area contributed by atoms with Crippen LogP contribution in [-0.4, -0.2) is 34.0 Å². The van der Waals surface area contributed by atoms with E-state index in [1.54, 1.807) is 29.2 Å². The van der Waals surface area contributed by atoms with Gasteiger partial charge in [0.15, 0.2) is 6.10 Å². The first-order valence-corrected chi connectivity index (χ1v) is 10.1. The van der Waals surface area contributed by atoms with Gasteiger partial charge in [-0.15, -0.1) is 0 Å². The highest BCUT2D eigenvalue weighted by Gasteiger charge is 2.36. The van der Waals surface area contributed by atoms with Crippen molar-refractivity contribution in [3.63, 3.8) is 0 Å². The van der Waals surface area contributed by atoms with Crippen LogP contribution in [0.2, 0.25) is 5.02 Å². The number of sulfonamides is 1. The molecule has 1 amide bonds. The van der Waals surface area contributed by atoms with Crippen LogP contribution in [-0.2, 0) is 27.7 Å². The Hall–Kier alpha value is -2.09. The minimum atomic E-state index is -3.50. The predicted molar refractivity (Wildman–Crippen MR) is 98.3 cm³/mol. The molecule has 6 nitrogen and oxygen atoms in total. The third-order valence-corrected chi connectivity index (χ3v) is 6.41. The lowest BCUT2D eigenvalue weighted by Crippen LogP contribution is -2.40. The summed E-state index contributed by atoms with van der Waals surface area (Å²) in [5, 5.41) is 0.616. The molecule has 0 fully saturated rings. The molecule has 136 valence electrons. The molecular formula is C18H17ClN2O4S. The Morgan fingerprint density at radius 2 is 2.04 bits per heavy atom. The lowest BCUT2D eigenvalue weighted by molar-refractivity contribution is -0.124. The molecule has 0 bridgehead atoms. The first-order valence-electron chi connectivity index (χ1n) is 8.22. The normalized spacial score (nSPS) is 18.4. The van der Waals surface area contributed by atoms with E-state index in [0.717, 1.165) is 16.8 Å². The maximum absolute atomic E-state index is 12.9. The third kappa shape index (κ3) is 2.86. The molecule has 1 unspecified atom stereocenters. The smallest absolute Gasteiger partial charge is 0.268 e. The first-order chi connectivity index (χ1) is 12.4. The Morgan fingerprint density at radius 3 is 2.81 bits per heavy atom. The molecule has 2 aliphatic rings. The average molecular weight is 393 g/mol. The van der Waals surface area contributed by atoms with Gasteiger partial charge in [-0.05, 0) is 61.0 Å². The van der Waals surface area contributed by atoms with Crippen LogP contribution in [0.5, 0.6) is 5.75 Å². The lowest BCUT2D eigenvalue weighted by Gasteiger charge is -2.21. The monoisotopic (exact) mass is 392 g/mol. The van der Waals surface area contributed by atoms with E-state index < -0.39 is 16.1 Å². The van der Waals surface area contributed by atoms with Gasteiger partial charge in [-0.1, -0.05) is 11.6 Å². The molecule has 2 heterocycles. The Kier molecular flexibility index (Phi) is 4.17. The predicted octanol–water partition coefficient (Wildman–Crippen LogP) is 2.14. The van der Waals surface area contributed by atoms with Crippen molar-refractivity contribution in [2.24, 2.45) is 0 Å². The van der Waals surface area contributed by atoms with Crippen molar-refractivity contribution in [3.8, 4) is 5.75 Å². The van der Waals surface area contributed by atoms with Crippen LogP contribution in [0.25, 0.3) is 0 Å². The molecule has 8 heteroatoms. The maximum Gasteiger partial charge on any atom is 0.268 e. The molecule has 0 aromatic heterocycles. The van der Waals surface area contributed by atoms with E-state index in [9.17, 15) is 13.2 Å². The number of hydrogen-bond donors (Lipinski definition) is 1. The summed E-state index contributed by atoms with van der Waals surface area (Å²) in [6.07, 6.45) is 0.502. The van der Waals surface area contributed by atoms with Gasteiger partial charge in [0, 0.05) is 23.7 Å². The zero-order valence-electron chi connectivity index (χ0n) is 14.0. The van der Waals surface area contributed by atoms with Gasteiger partial charge in [-0.25, -0.2) is 13.1 Å². The van der Waals surface area contributed by atoms with E-state index in [-0.39, 0.29) is 10.8 Å². The Labute approximate surface area is 156 Å². The van der Waals surface area contributed by atoms with Crippen LogP contribution >= 0.6 is 11.6 Å². The molecule has 1 N–H and O–H groups in total. The number of ether oxygens (including phenoxy) is 1. The van der Waals surface area contributed by atoms with Crippen LogP contribution < -0.4 is 14.4 Å². The van der Waals surface area contributed by atoms with Crippen LogP contribution in [0, 0.1) is 0 Å². The number of halogens is 1. The summed E-state index contributed by atoms with van der Waals surface area (Å²) in [6.45, 7) is 0.508. The van der Waals surface area contributed by atoms with Crippen molar-refractivity contribution in [3.05, 3.63) is 52.5 Å². The summed E-state index contributed by atoms with van der Waals surface area (Å²) in [6, 6.07) is 10.2. The zero-order valence-corrected chi connectivity index (χ0v) is 15.6.